The summed E-state index contributed by atoms with van der Waals surface area (Å²) in [5, 5.41) is 0. The molecule has 0 aliphatic carbocycles. The van der Waals surface area contributed by atoms with Gasteiger partial charge in [-0.15, -0.1) is 0 Å². The van der Waals surface area contributed by atoms with Gasteiger partial charge in [0.1, 0.15) is 41.4 Å². The number of primary amides is 1. The Bertz CT molecular complexity index is 1110. The zero-order valence-corrected chi connectivity index (χ0v) is 18.9. The largest absolute Gasteiger partial charge is 0.491 e. The van der Waals surface area contributed by atoms with Crippen LogP contribution in [0.1, 0.15) is 23.0 Å². The van der Waals surface area contributed by atoms with E-state index in [1.165, 1.54) is 24.3 Å². The van der Waals surface area contributed by atoms with E-state index in [2.05, 4.69) is 0 Å². The summed E-state index contributed by atoms with van der Waals surface area (Å²) < 4.78 is 68.7. The van der Waals surface area contributed by atoms with Gasteiger partial charge in [0, 0.05) is 5.56 Å². The maximum absolute atomic E-state index is 13.5. The summed E-state index contributed by atoms with van der Waals surface area (Å²) in [4.78, 5) is 25.0. The molecule has 4 rings (SSSR count). The van der Waals surface area contributed by atoms with Gasteiger partial charge in [-0.25, -0.2) is 0 Å². The van der Waals surface area contributed by atoms with Crippen LogP contribution in [0.3, 0.4) is 0 Å². The second kappa shape index (κ2) is 9.97. The summed E-state index contributed by atoms with van der Waals surface area (Å²) in [5.74, 6) is -0.738. The molecule has 2 unspecified atom stereocenters. The molecule has 2 fully saturated rings. The zero-order valence-electron chi connectivity index (χ0n) is 18.9. The number of carbonyl (C=O) groups excluding carboxylic acids is 1. The Morgan fingerprint density at radius 2 is 1.80 bits per heavy atom. The lowest BCUT2D eigenvalue weighted by Gasteiger charge is -2.39. The molecule has 9 nitrogen and oxygen atoms in total. The van der Waals surface area contributed by atoms with Crippen molar-refractivity contribution in [3.63, 3.8) is 0 Å². The first-order valence-corrected chi connectivity index (χ1v) is 10.9. The Morgan fingerprint density at radius 1 is 1.14 bits per heavy atom. The SMILES string of the molecule is CC1(OCC2COCC(COc3ccc(-c4cc(C(N)=O)c(=O)[nH]c4C(F)(F)F)cc3)O2)COC1. The van der Waals surface area contributed by atoms with Crippen LogP contribution in [0, 0.1) is 0 Å². The maximum atomic E-state index is 13.5. The lowest BCUT2D eigenvalue weighted by atomic mass is 10.0. The molecule has 0 spiro atoms. The monoisotopic (exact) mass is 498 g/mol. The molecule has 1 amide bonds. The first kappa shape index (κ1) is 25.2. The molecule has 0 saturated carbocycles. The average molecular weight is 498 g/mol. The van der Waals surface area contributed by atoms with Crippen molar-refractivity contribution in [1.82, 2.24) is 4.98 Å². The van der Waals surface area contributed by atoms with E-state index in [0.29, 0.717) is 38.8 Å². The Kier molecular flexibility index (Phi) is 7.17. The molecule has 1 aromatic heterocycles. The molecule has 0 bridgehead atoms. The van der Waals surface area contributed by atoms with E-state index >= 15 is 0 Å². The summed E-state index contributed by atoms with van der Waals surface area (Å²) in [6.07, 6.45) is -5.45. The number of halogens is 3. The van der Waals surface area contributed by atoms with Crippen molar-refractivity contribution in [2.75, 3.05) is 39.6 Å². The van der Waals surface area contributed by atoms with Crippen LogP contribution in [0.2, 0.25) is 0 Å². The van der Waals surface area contributed by atoms with Crippen LogP contribution < -0.4 is 16.0 Å². The van der Waals surface area contributed by atoms with Crippen LogP contribution in [0.5, 0.6) is 5.75 Å². The van der Waals surface area contributed by atoms with Gasteiger partial charge < -0.3 is 34.4 Å². The van der Waals surface area contributed by atoms with E-state index < -0.39 is 28.9 Å². The highest BCUT2D eigenvalue weighted by Gasteiger charge is 2.37. The third kappa shape index (κ3) is 6.01. The Labute approximate surface area is 198 Å². The molecule has 2 saturated heterocycles. The first-order valence-electron chi connectivity index (χ1n) is 10.9. The molecule has 12 heteroatoms. The maximum Gasteiger partial charge on any atom is 0.431 e. The third-order valence-electron chi connectivity index (χ3n) is 5.62. The second-order valence-corrected chi connectivity index (χ2v) is 8.67. The van der Waals surface area contributed by atoms with Crippen molar-refractivity contribution in [2.45, 2.75) is 30.9 Å². The third-order valence-corrected chi connectivity index (χ3v) is 5.62. The minimum Gasteiger partial charge on any atom is -0.491 e. The highest BCUT2D eigenvalue weighted by atomic mass is 19.4. The topological polar surface area (TPSA) is 122 Å². The molecular formula is C23H25F3N2O7. The number of hydrogen-bond donors (Lipinski definition) is 2. The van der Waals surface area contributed by atoms with Crippen molar-refractivity contribution >= 4 is 5.91 Å². The second-order valence-electron chi connectivity index (χ2n) is 8.67. The van der Waals surface area contributed by atoms with Gasteiger partial charge in [-0.2, -0.15) is 13.2 Å². The van der Waals surface area contributed by atoms with E-state index in [1.807, 2.05) is 6.92 Å². The lowest BCUT2D eigenvalue weighted by Crippen LogP contribution is -2.51. The number of aromatic amines is 1. The van der Waals surface area contributed by atoms with Crippen molar-refractivity contribution in [1.29, 1.82) is 0 Å². The van der Waals surface area contributed by atoms with Gasteiger partial charge in [0.15, 0.2) is 0 Å². The van der Waals surface area contributed by atoms with Crippen molar-refractivity contribution in [3.8, 4) is 16.9 Å². The molecule has 1 aromatic carbocycles. The standard InChI is InChI=1S/C23H25F3N2O7/c1-22(11-32-12-22)34-10-16-8-31-7-15(35-16)9-33-14-4-2-13(3-5-14)17-6-18(20(27)29)21(30)28-19(17)23(24,25)26/h2-6,15-16H,7-12H2,1H3,(H2,27,29)(H,28,30). The zero-order chi connectivity index (χ0) is 25.2. The van der Waals surface area contributed by atoms with E-state index in [1.54, 1.807) is 4.98 Å². The fourth-order valence-electron chi connectivity index (χ4n) is 3.71. The number of hydrogen-bond acceptors (Lipinski definition) is 7. The van der Waals surface area contributed by atoms with Crippen LogP contribution in [-0.2, 0) is 25.1 Å². The van der Waals surface area contributed by atoms with Crippen LogP contribution in [-0.4, -0.2) is 68.3 Å². The van der Waals surface area contributed by atoms with Gasteiger partial charge in [-0.3, -0.25) is 9.59 Å². The molecule has 35 heavy (non-hydrogen) atoms. The van der Waals surface area contributed by atoms with Gasteiger partial charge in [-0.05, 0) is 30.7 Å². The highest BCUT2D eigenvalue weighted by Crippen LogP contribution is 2.35. The van der Waals surface area contributed by atoms with E-state index in [4.69, 9.17) is 29.4 Å². The predicted octanol–water partition coefficient (Wildman–Crippen LogP) is 2.13. The number of aromatic nitrogens is 1. The Balaban J connectivity index is 1.40. The van der Waals surface area contributed by atoms with Crippen LogP contribution >= 0.6 is 0 Å². The summed E-state index contributed by atoms with van der Waals surface area (Å²) in [7, 11) is 0. The molecule has 2 aliphatic heterocycles. The number of H-pyrrole nitrogens is 1. The molecule has 2 aliphatic rings. The van der Waals surface area contributed by atoms with E-state index in [-0.39, 0.29) is 35.5 Å². The van der Waals surface area contributed by atoms with E-state index in [0.717, 1.165) is 6.07 Å². The molecule has 3 N–H and O–H groups in total. The molecule has 3 heterocycles. The Hall–Kier alpha value is -2.93. The van der Waals surface area contributed by atoms with Gasteiger partial charge in [0.2, 0.25) is 0 Å². The summed E-state index contributed by atoms with van der Waals surface area (Å²) in [5.41, 5.74) is 1.51. The van der Waals surface area contributed by atoms with Gasteiger partial charge in [0.05, 0.1) is 33.0 Å². The fourth-order valence-corrected chi connectivity index (χ4v) is 3.71. The smallest absolute Gasteiger partial charge is 0.431 e. The number of amides is 1. The van der Waals surface area contributed by atoms with Crippen LogP contribution in [0.25, 0.3) is 11.1 Å². The number of nitrogens with two attached hydrogens (primary N) is 1. The quantitative estimate of drug-likeness (QED) is 0.572. The van der Waals surface area contributed by atoms with Crippen molar-refractivity contribution in [2.24, 2.45) is 5.73 Å². The summed E-state index contributed by atoms with van der Waals surface area (Å²) in [6, 6.07) is 6.57. The van der Waals surface area contributed by atoms with Crippen molar-refractivity contribution in [3.05, 3.63) is 51.9 Å². The number of rotatable bonds is 8. The lowest BCUT2D eigenvalue weighted by molar-refractivity contribution is -0.231. The van der Waals surface area contributed by atoms with E-state index in [9.17, 15) is 22.8 Å². The van der Waals surface area contributed by atoms with Crippen LogP contribution in [0.4, 0.5) is 13.2 Å². The highest BCUT2D eigenvalue weighted by molar-refractivity contribution is 5.94. The van der Waals surface area contributed by atoms with Gasteiger partial charge in [-0.1, -0.05) is 12.1 Å². The Morgan fingerprint density at radius 3 is 2.37 bits per heavy atom. The summed E-state index contributed by atoms with van der Waals surface area (Å²) in [6.45, 7) is 4.29. The number of ether oxygens (including phenoxy) is 5. The fraction of sp³-hybridized carbons (Fsp3) is 0.478. The van der Waals surface area contributed by atoms with Gasteiger partial charge >= 0.3 is 6.18 Å². The van der Waals surface area contributed by atoms with Gasteiger partial charge in [0.25, 0.3) is 11.5 Å². The number of benzene rings is 1. The molecule has 190 valence electrons. The molecular weight excluding hydrogens is 473 g/mol. The number of carbonyl (C=O) groups is 1. The first-order chi connectivity index (χ1) is 16.5. The predicted molar refractivity (Wildman–Crippen MR) is 116 cm³/mol. The molecule has 2 atom stereocenters. The average Bonchev–Trinajstić information content (AvgIpc) is 2.80. The van der Waals surface area contributed by atoms with Crippen molar-refractivity contribution < 1.29 is 41.7 Å². The number of alkyl halides is 3. The number of pyridine rings is 1. The summed E-state index contributed by atoms with van der Waals surface area (Å²) >= 11 is 0. The molecule has 0 radical (unpaired) electrons. The number of nitrogens with one attached hydrogen (secondary N) is 1. The minimum atomic E-state index is -4.85. The molecule has 2 aromatic rings. The van der Waals surface area contributed by atoms with Crippen LogP contribution in [0.15, 0.2) is 35.1 Å². The minimum absolute atomic E-state index is 0.117. The normalized spacial score (nSPS) is 21.8.